The lowest BCUT2D eigenvalue weighted by Gasteiger charge is -2.28. The SMILES string of the molecule is COc1ccc(C(CNC(=O)COc2ccc(C)cc2)N2CCCC2)cc1OC. The van der Waals surface area contributed by atoms with Crippen molar-refractivity contribution in [1.29, 1.82) is 0 Å². The van der Waals surface area contributed by atoms with Crippen LogP contribution in [0.1, 0.15) is 30.0 Å². The Hall–Kier alpha value is -2.73. The number of rotatable bonds is 9. The van der Waals surface area contributed by atoms with Gasteiger partial charge in [0.1, 0.15) is 5.75 Å². The highest BCUT2D eigenvalue weighted by Crippen LogP contribution is 2.33. The number of carbonyl (C=O) groups excluding carboxylic acids is 1. The highest BCUT2D eigenvalue weighted by Gasteiger charge is 2.25. The van der Waals surface area contributed by atoms with Gasteiger partial charge in [-0.15, -0.1) is 0 Å². The number of aryl methyl sites for hydroxylation is 1. The van der Waals surface area contributed by atoms with Crippen LogP contribution in [0.2, 0.25) is 0 Å². The first kappa shape index (κ1) is 21.0. The molecule has 6 heteroatoms. The average molecular weight is 399 g/mol. The molecule has 0 aliphatic carbocycles. The Labute approximate surface area is 172 Å². The number of amides is 1. The molecular formula is C23H30N2O4. The van der Waals surface area contributed by atoms with Crippen molar-refractivity contribution in [2.45, 2.75) is 25.8 Å². The van der Waals surface area contributed by atoms with Gasteiger partial charge in [0, 0.05) is 6.54 Å². The lowest BCUT2D eigenvalue weighted by molar-refractivity contribution is -0.123. The van der Waals surface area contributed by atoms with Crippen LogP contribution in [-0.2, 0) is 4.79 Å². The summed E-state index contributed by atoms with van der Waals surface area (Å²) in [5, 5.41) is 3.03. The highest BCUT2D eigenvalue weighted by molar-refractivity contribution is 5.77. The van der Waals surface area contributed by atoms with Crippen LogP contribution < -0.4 is 19.5 Å². The zero-order valence-electron chi connectivity index (χ0n) is 17.4. The van der Waals surface area contributed by atoms with E-state index in [4.69, 9.17) is 14.2 Å². The van der Waals surface area contributed by atoms with E-state index in [1.54, 1.807) is 14.2 Å². The molecule has 1 saturated heterocycles. The summed E-state index contributed by atoms with van der Waals surface area (Å²) in [6.45, 7) is 4.58. The second-order valence-electron chi connectivity index (χ2n) is 7.28. The number of ether oxygens (including phenoxy) is 3. The summed E-state index contributed by atoms with van der Waals surface area (Å²) >= 11 is 0. The van der Waals surface area contributed by atoms with Gasteiger partial charge in [-0.1, -0.05) is 23.8 Å². The van der Waals surface area contributed by atoms with Gasteiger partial charge in [0.2, 0.25) is 0 Å². The number of nitrogens with zero attached hydrogens (tertiary/aromatic N) is 1. The number of benzene rings is 2. The first-order valence-electron chi connectivity index (χ1n) is 10.0. The van der Waals surface area contributed by atoms with Gasteiger partial charge >= 0.3 is 0 Å². The molecule has 29 heavy (non-hydrogen) atoms. The van der Waals surface area contributed by atoms with Gasteiger partial charge in [-0.25, -0.2) is 0 Å². The van der Waals surface area contributed by atoms with Crippen molar-refractivity contribution in [3.63, 3.8) is 0 Å². The average Bonchev–Trinajstić information content (AvgIpc) is 3.28. The van der Waals surface area contributed by atoms with Crippen LogP contribution in [0, 0.1) is 6.92 Å². The molecule has 1 aliphatic rings. The zero-order valence-corrected chi connectivity index (χ0v) is 17.4. The molecule has 6 nitrogen and oxygen atoms in total. The van der Waals surface area contributed by atoms with Crippen molar-refractivity contribution in [3.05, 3.63) is 53.6 Å². The fourth-order valence-corrected chi connectivity index (χ4v) is 3.62. The predicted molar refractivity (Wildman–Crippen MR) is 113 cm³/mol. The Kier molecular flexibility index (Phi) is 7.36. The summed E-state index contributed by atoms with van der Waals surface area (Å²) in [5.41, 5.74) is 2.26. The molecular weight excluding hydrogens is 368 g/mol. The van der Waals surface area contributed by atoms with Crippen LogP contribution in [0.15, 0.2) is 42.5 Å². The lowest BCUT2D eigenvalue weighted by atomic mass is 10.0. The molecule has 1 N–H and O–H groups in total. The van der Waals surface area contributed by atoms with E-state index in [-0.39, 0.29) is 18.6 Å². The maximum atomic E-state index is 12.4. The maximum Gasteiger partial charge on any atom is 0.258 e. The van der Waals surface area contributed by atoms with Crippen molar-refractivity contribution < 1.29 is 19.0 Å². The Morgan fingerprint density at radius 3 is 2.38 bits per heavy atom. The minimum atomic E-state index is -0.129. The van der Waals surface area contributed by atoms with Crippen molar-refractivity contribution in [2.75, 3.05) is 40.5 Å². The van der Waals surface area contributed by atoms with Gasteiger partial charge in [-0.2, -0.15) is 0 Å². The minimum absolute atomic E-state index is 0.00170. The second-order valence-corrected chi connectivity index (χ2v) is 7.28. The number of nitrogens with one attached hydrogen (secondary N) is 1. The van der Waals surface area contributed by atoms with Gasteiger partial charge in [0.25, 0.3) is 5.91 Å². The fourth-order valence-electron chi connectivity index (χ4n) is 3.62. The summed E-state index contributed by atoms with van der Waals surface area (Å²) in [4.78, 5) is 14.8. The Morgan fingerprint density at radius 1 is 1.03 bits per heavy atom. The molecule has 156 valence electrons. The maximum absolute atomic E-state index is 12.4. The summed E-state index contributed by atoms with van der Waals surface area (Å²) in [5.74, 6) is 1.96. The van der Waals surface area contributed by atoms with E-state index in [1.807, 2.05) is 49.4 Å². The van der Waals surface area contributed by atoms with Gasteiger partial charge in [-0.3, -0.25) is 9.69 Å². The van der Waals surface area contributed by atoms with E-state index in [2.05, 4.69) is 10.2 Å². The standard InChI is InChI=1S/C23H30N2O4/c1-17-6-9-19(10-7-17)29-16-23(26)24-15-20(25-12-4-5-13-25)18-8-11-21(27-2)22(14-18)28-3/h6-11,14,20H,4-5,12-13,15-16H2,1-3H3,(H,24,26). The molecule has 2 aromatic rings. The monoisotopic (exact) mass is 398 g/mol. The van der Waals surface area contributed by atoms with Crippen LogP contribution in [0.4, 0.5) is 0 Å². The molecule has 0 spiro atoms. The quantitative estimate of drug-likeness (QED) is 0.702. The van der Waals surface area contributed by atoms with Crippen molar-refractivity contribution in [3.8, 4) is 17.2 Å². The van der Waals surface area contributed by atoms with Crippen LogP contribution in [0.3, 0.4) is 0 Å². The smallest absolute Gasteiger partial charge is 0.258 e. The first-order chi connectivity index (χ1) is 14.1. The molecule has 1 unspecified atom stereocenters. The summed E-state index contributed by atoms with van der Waals surface area (Å²) < 4.78 is 16.4. The zero-order chi connectivity index (χ0) is 20.6. The third-order valence-electron chi connectivity index (χ3n) is 5.26. The molecule has 1 amide bonds. The third kappa shape index (κ3) is 5.64. The van der Waals surface area contributed by atoms with Crippen molar-refractivity contribution in [2.24, 2.45) is 0 Å². The molecule has 1 aliphatic heterocycles. The van der Waals surface area contributed by atoms with Gasteiger partial charge in [0.05, 0.1) is 20.3 Å². The van der Waals surface area contributed by atoms with Crippen LogP contribution in [0.25, 0.3) is 0 Å². The molecule has 3 rings (SSSR count). The van der Waals surface area contributed by atoms with E-state index in [1.165, 1.54) is 12.8 Å². The molecule has 0 bridgehead atoms. The number of hydrogen-bond donors (Lipinski definition) is 1. The fraction of sp³-hybridized carbons (Fsp3) is 0.435. The largest absolute Gasteiger partial charge is 0.493 e. The van der Waals surface area contributed by atoms with Gasteiger partial charge in [0.15, 0.2) is 18.1 Å². The van der Waals surface area contributed by atoms with Crippen LogP contribution in [-0.4, -0.2) is 51.3 Å². The summed E-state index contributed by atoms with van der Waals surface area (Å²) in [6, 6.07) is 13.7. The molecule has 1 heterocycles. The van der Waals surface area contributed by atoms with Gasteiger partial charge < -0.3 is 19.5 Å². The first-order valence-corrected chi connectivity index (χ1v) is 10.0. The van der Waals surface area contributed by atoms with Crippen LogP contribution >= 0.6 is 0 Å². The summed E-state index contributed by atoms with van der Waals surface area (Å²) in [7, 11) is 3.26. The number of methoxy groups -OCH3 is 2. The molecule has 0 aromatic heterocycles. The molecule has 1 fully saturated rings. The van der Waals surface area contributed by atoms with Gasteiger partial charge in [-0.05, 0) is 62.7 Å². The Morgan fingerprint density at radius 2 is 1.72 bits per heavy atom. The topological polar surface area (TPSA) is 60.0 Å². The molecule has 0 saturated carbocycles. The molecule has 0 radical (unpaired) electrons. The third-order valence-corrected chi connectivity index (χ3v) is 5.26. The summed E-state index contributed by atoms with van der Waals surface area (Å²) in [6.07, 6.45) is 2.35. The Balaban J connectivity index is 1.63. The van der Waals surface area contributed by atoms with E-state index < -0.39 is 0 Å². The Bertz CT molecular complexity index is 801. The molecule has 2 aromatic carbocycles. The minimum Gasteiger partial charge on any atom is -0.493 e. The highest BCUT2D eigenvalue weighted by atomic mass is 16.5. The van der Waals surface area contributed by atoms with E-state index in [9.17, 15) is 4.79 Å². The number of carbonyl (C=O) groups is 1. The number of likely N-dealkylation sites (tertiary alicyclic amines) is 1. The van der Waals surface area contributed by atoms with E-state index in [0.717, 1.165) is 24.2 Å². The number of hydrogen-bond acceptors (Lipinski definition) is 5. The molecule has 1 atom stereocenters. The van der Waals surface area contributed by atoms with E-state index >= 15 is 0 Å². The normalized spacial score (nSPS) is 15.0. The predicted octanol–water partition coefficient (Wildman–Crippen LogP) is 3.34. The lowest BCUT2D eigenvalue weighted by Crippen LogP contribution is -2.38. The second kappa shape index (κ2) is 10.2. The van der Waals surface area contributed by atoms with Crippen LogP contribution in [0.5, 0.6) is 17.2 Å². The van der Waals surface area contributed by atoms with E-state index in [0.29, 0.717) is 23.8 Å². The van der Waals surface area contributed by atoms with Crippen molar-refractivity contribution in [1.82, 2.24) is 10.2 Å². The van der Waals surface area contributed by atoms with Crippen molar-refractivity contribution >= 4 is 5.91 Å².